The summed E-state index contributed by atoms with van der Waals surface area (Å²) in [5.41, 5.74) is 0.727. The zero-order valence-corrected chi connectivity index (χ0v) is 12.2. The predicted molar refractivity (Wildman–Crippen MR) is 77.5 cm³/mol. The van der Waals surface area contributed by atoms with Crippen LogP contribution in [0.3, 0.4) is 0 Å². The van der Waals surface area contributed by atoms with Crippen molar-refractivity contribution in [2.45, 2.75) is 32.7 Å². The summed E-state index contributed by atoms with van der Waals surface area (Å²) in [6.07, 6.45) is 3.49. The standard InChI is InChI=1S/C16H24F2N2/c1-2-5-19-11-13-3-6-20(7-4-13)12-14-8-15(17)10-16(18)9-14/h8-10,13,19H,2-7,11-12H2,1H3. The third-order valence-electron chi connectivity index (χ3n) is 3.90. The number of rotatable bonds is 6. The number of hydrogen-bond acceptors (Lipinski definition) is 2. The normalized spacial score (nSPS) is 17.6. The van der Waals surface area contributed by atoms with Crippen LogP contribution in [0.15, 0.2) is 18.2 Å². The first-order valence-electron chi connectivity index (χ1n) is 7.55. The van der Waals surface area contributed by atoms with Crippen molar-refractivity contribution in [2.75, 3.05) is 26.2 Å². The van der Waals surface area contributed by atoms with E-state index in [2.05, 4.69) is 17.1 Å². The van der Waals surface area contributed by atoms with Gasteiger partial charge in [-0.05, 0) is 69.1 Å². The van der Waals surface area contributed by atoms with Crippen LogP contribution in [0, 0.1) is 17.6 Å². The van der Waals surface area contributed by atoms with Crippen molar-refractivity contribution < 1.29 is 8.78 Å². The van der Waals surface area contributed by atoms with Crippen molar-refractivity contribution in [1.82, 2.24) is 10.2 Å². The van der Waals surface area contributed by atoms with Crippen molar-refractivity contribution in [3.63, 3.8) is 0 Å². The van der Waals surface area contributed by atoms with E-state index in [1.807, 2.05) is 0 Å². The average molecular weight is 282 g/mol. The third kappa shape index (κ3) is 4.84. The van der Waals surface area contributed by atoms with E-state index in [1.54, 1.807) is 0 Å². The number of hydrogen-bond donors (Lipinski definition) is 1. The van der Waals surface area contributed by atoms with Gasteiger partial charge in [0.2, 0.25) is 0 Å². The summed E-state index contributed by atoms with van der Waals surface area (Å²) in [6, 6.07) is 3.78. The maximum absolute atomic E-state index is 13.2. The highest BCUT2D eigenvalue weighted by molar-refractivity contribution is 5.17. The molecule has 0 aliphatic carbocycles. The maximum Gasteiger partial charge on any atom is 0.126 e. The Bertz CT molecular complexity index is 395. The Labute approximate surface area is 120 Å². The predicted octanol–water partition coefficient (Wildman–Crippen LogP) is 3.18. The molecular weight excluding hydrogens is 258 g/mol. The molecule has 0 bridgehead atoms. The minimum absolute atomic E-state index is 0.487. The summed E-state index contributed by atoms with van der Waals surface area (Å²) in [4.78, 5) is 2.28. The molecule has 112 valence electrons. The summed E-state index contributed by atoms with van der Waals surface area (Å²) in [7, 11) is 0. The molecule has 1 aromatic carbocycles. The van der Waals surface area contributed by atoms with Crippen molar-refractivity contribution in [3.8, 4) is 0 Å². The van der Waals surface area contributed by atoms with Crippen molar-refractivity contribution in [3.05, 3.63) is 35.4 Å². The van der Waals surface area contributed by atoms with E-state index in [1.165, 1.54) is 18.6 Å². The van der Waals surface area contributed by atoms with E-state index in [0.29, 0.717) is 6.54 Å². The molecule has 1 N–H and O–H groups in total. The van der Waals surface area contributed by atoms with Gasteiger partial charge in [-0.3, -0.25) is 4.90 Å². The molecular formula is C16H24F2N2. The van der Waals surface area contributed by atoms with Gasteiger partial charge in [0.15, 0.2) is 0 Å². The lowest BCUT2D eigenvalue weighted by molar-refractivity contribution is 0.175. The second kappa shape index (κ2) is 7.70. The molecule has 20 heavy (non-hydrogen) atoms. The average Bonchev–Trinajstić information content (AvgIpc) is 2.40. The Morgan fingerprint density at radius 3 is 2.40 bits per heavy atom. The highest BCUT2D eigenvalue weighted by atomic mass is 19.1. The van der Waals surface area contributed by atoms with Crippen molar-refractivity contribution in [2.24, 2.45) is 5.92 Å². The number of piperidine rings is 1. The summed E-state index contributed by atoms with van der Waals surface area (Å²) in [5.74, 6) is -0.237. The first-order valence-corrected chi connectivity index (χ1v) is 7.55. The zero-order chi connectivity index (χ0) is 14.4. The van der Waals surface area contributed by atoms with Crippen LogP contribution in [0.2, 0.25) is 0 Å². The second-order valence-electron chi connectivity index (χ2n) is 5.70. The fourth-order valence-electron chi connectivity index (χ4n) is 2.79. The van der Waals surface area contributed by atoms with Gasteiger partial charge in [0.25, 0.3) is 0 Å². The van der Waals surface area contributed by atoms with E-state index >= 15 is 0 Å². The third-order valence-corrected chi connectivity index (χ3v) is 3.90. The van der Waals surface area contributed by atoms with Gasteiger partial charge >= 0.3 is 0 Å². The molecule has 4 heteroatoms. The van der Waals surface area contributed by atoms with E-state index in [0.717, 1.165) is 56.6 Å². The summed E-state index contributed by atoms with van der Waals surface area (Å²) < 4.78 is 26.3. The Kier molecular flexibility index (Phi) is 5.92. The van der Waals surface area contributed by atoms with Gasteiger partial charge in [0, 0.05) is 12.6 Å². The number of halogens is 2. The van der Waals surface area contributed by atoms with Crippen LogP contribution in [-0.4, -0.2) is 31.1 Å². The molecule has 2 rings (SSSR count). The molecule has 0 saturated carbocycles. The summed E-state index contributed by atoms with van der Waals surface area (Å²) >= 11 is 0. The Balaban J connectivity index is 1.76. The number of nitrogens with one attached hydrogen (secondary N) is 1. The van der Waals surface area contributed by atoms with Crippen LogP contribution < -0.4 is 5.32 Å². The fourth-order valence-corrected chi connectivity index (χ4v) is 2.79. The lowest BCUT2D eigenvalue weighted by Gasteiger charge is -2.32. The van der Waals surface area contributed by atoms with Gasteiger partial charge in [-0.1, -0.05) is 6.92 Å². The minimum atomic E-state index is -0.487. The highest BCUT2D eigenvalue weighted by Gasteiger charge is 2.19. The van der Waals surface area contributed by atoms with Crippen molar-refractivity contribution in [1.29, 1.82) is 0 Å². The fraction of sp³-hybridized carbons (Fsp3) is 0.625. The van der Waals surface area contributed by atoms with Crippen LogP contribution in [-0.2, 0) is 6.54 Å². The van der Waals surface area contributed by atoms with Gasteiger partial charge in [-0.15, -0.1) is 0 Å². The molecule has 1 saturated heterocycles. The monoisotopic (exact) mass is 282 g/mol. The topological polar surface area (TPSA) is 15.3 Å². The molecule has 1 fully saturated rings. The van der Waals surface area contributed by atoms with Gasteiger partial charge in [0.05, 0.1) is 0 Å². The van der Waals surface area contributed by atoms with Crippen molar-refractivity contribution >= 4 is 0 Å². The number of likely N-dealkylation sites (tertiary alicyclic amines) is 1. The van der Waals surface area contributed by atoms with Gasteiger partial charge in [-0.25, -0.2) is 8.78 Å². The first-order chi connectivity index (χ1) is 9.67. The molecule has 0 aromatic heterocycles. The molecule has 0 radical (unpaired) electrons. The van der Waals surface area contributed by atoms with Gasteiger partial charge in [0.1, 0.15) is 11.6 Å². The number of nitrogens with zero attached hydrogens (tertiary/aromatic N) is 1. The molecule has 1 aliphatic rings. The van der Waals surface area contributed by atoms with Crippen LogP contribution in [0.1, 0.15) is 31.7 Å². The SMILES string of the molecule is CCCNCC1CCN(Cc2cc(F)cc(F)c2)CC1. The summed E-state index contributed by atoms with van der Waals surface area (Å²) in [5, 5.41) is 3.47. The van der Waals surface area contributed by atoms with Gasteiger partial charge < -0.3 is 5.32 Å². The molecule has 0 unspecified atom stereocenters. The number of benzene rings is 1. The first kappa shape index (κ1) is 15.4. The highest BCUT2D eigenvalue weighted by Crippen LogP contribution is 2.19. The van der Waals surface area contributed by atoms with Crippen LogP contribution in [0.4, 0.5) is 8.78 Å². The Morgan fingerprint density at radius 2 is 1.80 bits per heavy atom. The quantitative estimate of drug-likeness (QED) is 0.806. The van der Waals surface area contributed by atoms with Crippen LogP contribution >= 0.6 is 0 Å². The van der Waals surface area contributed by atoms with E-state index in [4.69, 9.17) is 0 Å². The van der Waals surface area contributed by atoms with E-state index in [9.17, 15) is 8.78 Å². The molecule has 2 nitrogen and oxygen atoms in total. The molecule has 1 aliphatic heterocycles. The molecule has 1 heterocycles. The minimum Gasteiger partial charge on any atom is -0.316 e. The molecule has 1 aromatic rings. The Morgan fingerprint density at radius 1 is 1.15 bits per heavy atom. The van der Waals surface area contributed by atoms with Crippen LogP contribution in [0.25, 0.3) is 0 Å². The molecule has 0 amide bonds. The van der Waals surface area contributed by atoms with Crippen LogP contribution in [0.5, 0.6) is 0 Å². The summed E-state index contributed by atoms with van der Waals surface area (Å²) in [6.45, 7) is 7.02. The van der Waals surface area contributed by atoms with Gasteiger partial charge in [-0.2, -0.15) is 0 Å². The van der Waals surface area contributed by atoms with E-state index < -0.39 is 11.6 Å². The largest absolute Gasteiger partial charge is 0.316 e. The lowest BCUT2D eigenvalue weighted by atomic mass is 9.96. The zero-order valence-electron chi connectivity index (χ0n) is 12.2. The molecule has 0 atom stereocenters. The Hall–Kier alpha value is -1.00. The lowest BCUT2D eigenvalue weighted by Crippen LogP contribution is -2.37. The molecule has 0 spiro atoms. The second-order valence-corrected chi connectivity index (χ2v) is 5.70. The smallest absolute Gasteiger partial charge is 0.126 e. The maximum atomic E-state index is 13.2. The van der Waals surface area contributed by atoms with E-state index in [-0.39, 0.29) is 0 Å².